The van der Waals surface area contributed by atoms with Crippen LogP contribution in [0.4, 0.5) is 0 Å². The van der Waals surface area contributed by atoms with Crippen LogP contribution in [0.15, 0.2) is 54.6 Å². The molecule has 39 heavy (non-hydrogen) atoms. The van der Waals surface area contributed by atoms with Crippen molar-refractivity contribution < 1.29 is 29.4 Å². The van der Waals surface area contributed by atoms with E-state index in [0.717, 1.165) is 18.4 Å². The van der Waals surface area contributed by atoms with E-state index in [1.807, 2.05) is 6.07 Å². The van der Waals surface area contributed by atoms with Gasteiger partial charge < -0.3 is 15.5 Å². The van der Waals surface area contributed by atoms with Gasteiger partial charge in [0.15, 0.2) is 6.61 Å². The van der Waals surface area contributed by atoms with Gasteiger partial charge in [-0.05, 0) is 29.7 Å². The molecule has 2 aromatic rings. The van der Waals surface area contributed by atoms with Crippen molar-refractivity contribution >= 4 is 17.8 Å². The van der Waals surface area contributed by atoms with Crippen molar-refractivity contribution in [2.24, 2.45) is 0 Å². The van der Waals surface area contributed by atoms with Crippen LogP contribution in [0.5, 0.6) is 0 Å². The molecule has 0 aliphatic heterocycles. The molecule has 2 rings (SSSR count). The number of carbonyl (C=O) groups is 3. The summed E-state index contributed by atoms with van der Waals surface area (Å²) in [4.78, 5) is 40.8. The standard InChI is InChI=1S/C31H44N2O6/c1-2-3-4-5-6-7-8-9-10-14-21-32-31(38)27-19-17-25(18-20-27)23-33(39-24-30(36)37)28(22-29(34)35)26-15-12-11-13-16-26/h11-13,15-20,28H,2-10,14,21-24H2,1H3,(H,32,38)(H,34,35)(H,36,37). The molecule has 8 heteroatoms. The molecule has 0 saturated heterocycles. The van der Waals surface area contributed by atoms with Crippen molar-refractivity contribution in [3.8, 4) is 0 Å². The molecule has 0 heterocycles. The lowest BCUT2D eigenvalue weighted by atomic mass is 10.0. The highest BCUT2D eigenvalue weighted by Crippen LogP contribution is 2.27. The molecule has 0 aromatic heterocycles. The first kappa shape index (κ1) is 32.0. The van der Waals surface area contributed by atoms with Crippen molar-refractivity contribution in [2.45, 2.75) is 90.1 Å². The third kappa shape index (κ3) is 13.4. The number of amides is 1. The predicted molar refractivity (Wildman–Crippen MR) is 151 cm³/mol. The molecule has 0 saturated carbocycles. The fourth-order valence-corrected chi connectivity index (χ4v) is 4.47. The zero-order valence-electron chi connectivity index (χ0n) is 23.1. The lowest BCUT2D eigenvalue weighted by Crippen LogP contribution is -2.32. The molecule has 3 N–H and O–H groups in total. The number of hydrogen-bond donors (Lipinski definition) is 3. The number of nitrogens with one attached hydrogen (secondary N) is 1. The van der Waals surface area contributed by atoms with Gasteiger partial charge >= 0.3 is 11.9 Å². The van der Waals surface area contributed by atoms with Crippen molar-refractivity contribution in [1.82, 2.24) is 10.4 Å². The summed E-state index contributed by atoms with van der Waals surface area (Å²) in [5, 5.41) is 23.0. The van der Waals surface area contributed by atoms with E-state index >= 15 is 0 Å². The lowest BCUT2D eigenvalue weighted by molar-refractivity contribution is -0.207. The summed E-state index contributed by atoms with van der Waals surface area (Å²) in [5.74, 6) is -2.32. The molecule has 0 fully saturated rings. The van der Waals surface area contributed by atoms with Crippen LogP contribution in [-0.2, 0) is 21.0 Å². The third-order valence-electron chi connectivity index (χ3n) is 6.62. The largest absolute Gasteiger partial charge is 0.481 e. The van der Waals surface area contributed by atoms with Gasteiger partial charge in [-0.3, -0.25) is 14.4 Å². The van der Waals surface area contributed by atoms with Crippen LogP contribution in [0.25, 0.3) is 0 Å². The molecule has 1 atom stereocenters. The Morgan fingerprint density at radius 3 is 1.95 bits per heavy atom. The smallest absolute Gasteiger partial charge is 0.331 e. The maximum atomic E-state index is 12.6. The number of unbranched alkanes of at least 4 members (excludes halogenated alkanes) is 9. The number of carboxylic acids is 2. The van der Waals surface area contributed by atoms with Gasteiger partial charge in [0.1, 0.15) is 0 Å². The number of nitrogens with zero attached hydrogens (tertiary/aromatic N) is 1. The molecule has 1 unspecified atom stereocenters. The second-order valence-electron chi connectivity index (χ2n) is 9.90. The Morgan fingerprint density at radius 1 is 0.795 bits per heavy atom. The zero-order chi connectivity index (χ0) is 28.3. The van der Waals surface area contributed by atoms with E-state index in [0.29, 0.717) is 17.7 Å². The van der Waals surface area contributed by atoms with Gasteiger partial charge in [-0.25, -0.2) is 4.79 Å². The van der Waals surface area contributed by atoms with Gasteiger partial charge in [0.25, 0.3) is 5.91 Å². The summed E-state index contributed by atoms with van der Waals surface area (Å²) in [7, 11) is 0. The molecule has 2 aromatic carbocycles. The SMILES string of the molecule is CCCCCCCCCCCCNC(=O)c1ccc(CN(OCC(=O)O)C(CC(=O)O)c2ccccc2)cc1. The van der Waals surface area contributed by atoms with Crippen LogP contribution in [0.2, 0.25) is 0 Å². The van der Waals surface area contributed by atoms with E-state index in [9.17, 15) is 19.5 Å². The van der Waals surface area contributed by atoms with Gasteiger partial charge in [0.2, 0.25) is 0 Å². The van der Waals surface area contributed by atoms with E-state index in [1.165, 1.54) is 56.4 Å². The highest BCUT2D eigenvalue weighted by molar-refractivity contribution is 5.94. The Morgan fingerprint density at radius 2 is 1.38 bits per heavy atom. The fourth-order valence-electron chi connectivity index (χ4n) is 4.47. The van der Waals surface area contributed by atoms with E-state index in [2.05, 4.69) is 12.2 Å². The minimum Gasteiger partial charge on any atom is -0.481 e. The quantitative estimate of drug-likeness (QED) is 0.124. The van der Waals surface area contributed by atoms with E-state index in [4.69, 9.17) is 9.94 Å². The van der Waals surface area contributed by atoms with Crippen LogP contribution >= 0.6 is 0 Å². The molecule has 0 bridgehead atoms. The first-order valence-electron chi connectivity index (χ1n) is 14.2. The lowest BCUT2D eigenvalue weighted by Gasteiger charge is -2.30. The number of benzene rings is 2. The van der Waals surface area contributed by atoms with Gasteiger partial charge in [0.05, 0.1) is 12.5 Å². The van der Waals surface area contributed by atoms with Crippen molar-refractivity contribution in [3.63, 3.8) is 0 Å². The minimum atomic E-state index is -1.16. The predicted octanol–water partition coefficient (Wildman–Crippen LogP) is 6.37. The third-order valence-corrected chi connectivity index (χ3v) is 6.62. The Bertz CT molecular complexity index is 980. The monoisotopic (exact) mass is 540 g/mol. The van der Waals surface area contributed by atoms with Crippen molar-refractivity contribution in [2.75, 3.05) is 13.2 Å². The van der Waals surface area contributed by atoms with Crippen LogP contribution < -0.4 is 5.32 Å². The van der Waals surface area contributed by atoms with E-state index < -0.39 is 24.6 Å². The molecule has 8 nitrogen and oxygen atoms in total. The number of hydroxylamine groups is 2. The Hall–Kier alpha value is -3.23. The zero-order valence-corrected chi connectivity index (χ0v) is 23.1. The van der Waals surface area contributed by atoms with Gasteiger partial charge in [-0.15, -0.1) is 0 Å². The average molecular weight is 541 g/mol. The maximum Gasteiger partial charge on any atom is 0.331 e. The first-order chi connectivity index (χ1) is 18.9. The molecule has 0 radical (unpaired) electrons. The molecule has 0 spiro atoms. The maximum absolute atomic E-state index is 12.6. The van der Waals surface area contributed by atoms with Crippen molar-refractivity contribution in [1.29, 1.82) is 0 Å². The van der Waals surface area contributed by atoms with Crippen LogP contribution in [0, 0.1) is 0 Å². The Balaban J connectivity index is 1.85. The van der Waals surface area contributed by atoms with Gasteiger partial charge in [0, 0.05) is 18.7 Å². The second-order valence-corrected chi connectivity index (χ2v) is 9.90. The topological polar surface area (TPSA) is 116 Å². The van der Waals surface area contributed by atoms with Crippen LogP contribution in [0.3, 0.4) is 0 Å². The molecular formula is C31H44N2O6. The molecule has 0 aliphatic carbocycles. The van der Waals surface area contributed by atoms with Crippen LogP contribution in [0.1, 0.15) is 105 Å². The average Bonchev–Trinajstić information content (AvgIpc) is 2.93. The van der Waals surface area contributed by atoms with Crippen LogP contribution in [-0.4, -0.2) is 46.3 Å². The summed E-state index contributed by atoms with van der Waals surface area (Å²) in [6.45, 7) is 2.43. The molecule has 214 valence electrons. The number of carbonyl (C=O) groups excluding carboxylic acids is 1. The fraction of sp³-hybridized carbons (Fsp3) is 0.516. The molecule has 0 aliphatic rings. The summed E-state index contributed by atoms with van der Waals surface area (Å²) >= 11 is 0. The summed E-state index contributed by atoms with van der Waals surface area (Å²) in [6.07, 6.45) is 12.2. The number of rotatable bonds is 21. The number of hydrogen-bond acceptors (Lipinski definition) is 5. The van der Waals surface area contributed by atoms with E-state index in [-0.39, 0.29) is 18.9 Å². The van der Waals surface area contributed by atoms with Gasteiger partial charge in [-0.1, -0.05) is 107 Å². The Kier molecular flexibility index (Phi) is 15.5. The highest BCUT2D eigenvalue weighted by atomic mass is 16.7. The summed E-state index contributed by atoms with van der Waals surface area (Å²) in [6, 6.07) is 15.3. The highest BCUT2D eigenvalue weighted by Gasteiger charge is 2.25. The Labute approximate surface area is 232 Å². The minimum absolute atomic E-state index is 0.135. The molecular weight excluding hydrogens is 496 g/mol. The normalized spacial score (nSPS) is 11.8. The van der Waals surface area contributed by atoms with Gasteiger partial charge in [-0.2, -0.15) is 5.06 Å². The summed E-state index contributed by atoms with van der Waals surface area (Å²) < 4.78 is 0. The van der Waals surface area contributed by atoms with E-state index in [1.54, 1.807) is 48.5 Å². The number of aliphatic carboxylic acids is 2. The number of carboxylic acid groups (broad SMARTS) is 2. The summed E-state index contributed by atoms with van der Waals surface area (Å²) in [5.41, 5.74) is 2.00. The first-order valence-corrected chi connectivity index (χ1v) is 14.2. The second kappa shape index (κ2) is 18.9. The van der Waals surface area contributed by atoms with Crippen molar-refractivity contribution in [3.05, 3.63) is 71.3 Å². The molecule has 1 amide bonds.